The number of guanidine groups is 1. The molecule has 0 aliphatic carbocycles. The number of hydrogen-bond acceptors (Lipinski definition) is 10. The molecule has 44 heavy (non-hydrogen) atoms. The van der Waals surface area contributed by atoms with Gasteiger partial charge in [-0.2, -0.15) is 12.7 Å². The summed E-state index contributed by atoms with van der Waals surface area (Å²) in [5.74, 6) is 0.578. The van der Waals surface area contributed by atoms with Crippen LogP contribution in [0.4, 0.5) is 5.69 Å². The van der Waals surface area contributed by atoms with E-state index >= 15 is 0 Å². The lowest BCUT2D eigenvalue weighted by atomic mass is 10.2. The highest BCUT2D eigenvalue weighted by Crippen LogP contribution is 2.32. The van der Waals surface area contributed by atoms with E-state index in [1.807, 2.05) is 36.1 Å². The lowest BCUT2D eigenvalue weighted by Gasteiger charge is -2.36. The molecule has 16 heteroatoms. The number of ether oxygens (including phenoxy) is 1. The Kier molecular flexibility index (Phi) is 12.1. The average Bonchev–Trinajstić information content (AvgIpc) is 2.99. The van der Waals surface area contributed by atoms with Crippen LogP contribution in [0.25, 0.3) is 0 Å². The van der Waals surface area contributed by atoms with Crippen LogP contribution in [0.5, 0.6) is 17.2 Å². The number of nitrogens with one attached hydrogen (secondary N) is 1. The van der Waals surface area contributed by atoms with Gasteiger partial charge in [0.2, 0.25) is 10.0 Å². The maximum atomic E-state index is 13.7. The largest absolute Gasteiger partial charge is 0.495 e. The zero-order valence-electron chi connectivity index (χ0n) is 24.5. The Labute approximate surface area is 264 Å². The first-order valence-corrected chi connectivity index (χ1v) is 16.3. The zero-order chi connectivity index (χ0) is 31.0. The van der Waals surface area contributed by atoms with Gasteiger partial charge in [0.1, 0.15) is 21.3 Å². The number of nitrogens with zero attached hydrogens (tertiary/aromatic N) is 3. The number of rotatable bonds is 12. The summed E-state index contributed by atoms with van der Waals surface area (Å²) in [6.07, 6.45) is 0.763. The van der Waals surface area contributed by atoms with Crippen molar-refractivity contribution in [2.24, 2.45) is 10.9 Å². The normalized spacial score (nSPS) is 14.4. The van der Waals surface area contributed by atoms with Crippen molar-refractivity contribution in [3.05, 3.63) is 72.3 Å². The molecule has 0 atom stereocenters. The third kappa shape index (κ3) is 8.45. The summed E-state index contributed by atoms with van der Waals surface area (Å²) in [6.45, 7) is 5.12. The summed E-state index contributed by atoms with van der Waals surface area (Å²) in [7, 11) is -7.20. The number of hydrogen-bond donors (Lipinski definition) is 2. The zero-order valence-corrected chi connectivity index (χ0v) is 27.0. The van der Waals surface area contributed by atoms with Gasteiger partial charge < -0.3 is 24.4 Å². The van der Waals surface area contributed by atoms with Crippen molar-refractivity contribution in [3.63, 3.8) is 0 Å². The number of nitrogens with two attached hydrogens (primary N) is 1. The third-order valence-electron chi connectivity index (χ3n) is 6.36. The van der Waals surface area contributed by atoms with Crippen molar-refractivity contribution < 1.29 is 35.4 Å². The Morgan fingerprint density at radius 2 is 1.57 bits per heavy atom. The second-order valence-electron chi connectivity index (χ2n) is 9.55. The number of anilines is 1. The molecule has 0 aromatic heterocycles. The summed E-state index contributed by atoms with van der Waals surface area (Å²) < 4.78 is 66.5. The summed E-state index contributed by atoms with van der Waals surface area (Å²) in [5, 5.41) is 3.69. The minimum absolute atomic E-state index is 0. The fourth-order valence-corrected chi connectivity index (χ4v) is 7.52. The highest BCUT2D eigenvalue weighted by Gasteiger charge is 2.34. The number of hydroxylamine groups is 1. The molecule has 1 fully saturated rings. The molecule has 1 heterocycles. The quantitative estimate of drug-likeness (QED) is 0.0957. The van der Waals surface area contributed by atoms with Crippen molar-refractivity contribution in [1.82, 2.24) is 9.79 Å². The Bertz CT molecular complexity index is 1660. The van der Waals surface area contributed by atoms with Crippen LogP contribution in [0, 0.1) is 6.92 Å². The molecule has 3 aromatic carbocycles. The van der Waals surface area contributed by atoms with E-state index in [0.717, 1.165) is 12.1 Å². The van der Waals surface area contributed by atoms with E-state index in [-0.39, 0.29) is 47.9 Å². The average molecular weight is 670 g/mol. The summed E-state index contributed by atoms with van der Waals surface area (Å²) >= 11 is 0. The second kappa shape index (κ2) is 15.3. The molecular weight excluding hydrogens is 634 g/mol. The number of benzene rings is 3. The van der Waals surface area contributed by atoms with Crippen LogP contribution in [0.2, 0.25) is 0 Å². The molecule has 1 aliphatic rings. The maximum absolute atomic E-state index is 13.7. The van der Waals surface area contributed by atoms with E-state index in [1.54, 1.807) is 20.1 Å². The highest BCUT2D eigenvalue weighted by molar-refractivity contribution is 7.91. The van der Waals surface area contributed by atoms with Gasteiger partial charge in [0.05, 0.1) is 19.4 Å². The van der Waals surface area contributed by atoms with Crippen LogP contribution in [-0.4, -0.2) is 67.0 Å². The van der Waals surface area contributed by atoms with Crippen molar-refractivity contribution >= 4 is 44.2 Å². The van der Waals surface area contributed by atoms with Gasteiger partial charge in [0.15, 0.2) is 5.75 Å². The molecule has 240 valence electrons. The predicted octanol–water partition coefficient (Wildman–Crippen LogP) is 3.24. The van der Waals surface area contributed by atoms with Crippen molar-refractivity contribution in [2.45, 2.75) is 30.1 Å². The first-order chi connectivity index (χ1) is 20.5. The van der Waals surface area contributed by atoms with Gasteiger partial charge in [-0.25, -0.2) is 13.9 Å². The predicted molar refractivity (Wildman–Crippen MR) is 168 cm³/mol. The van der Waals surface area contributed by atoms with Crippen molar-refractivity contribution in [2.75, 3.05) is 44.8 Å². The first-order valence-electron chi connectivity index (χ1n) is 13.5. The lowest BCUT2D eigenvalue weighted by Crippen LogP contribution is -2.49. The first kappa shape index (κ1) is 34.7. The van der Waals surface area contributed by atoms with Crippen molar-refractivity contribution in [3.8, 4) is 17.2 Å². The van der Waals surface area contributed by atoms with E-state index in [0.29, 0.717) is 31.0 Å². The van der Waals surface area contributed by atoms with E-state index in [2.05, 4.69) is 10.6 Å². The lowest BCUT2D eigenvalue weighted by molar-refractivity contribution is 0.0824. The van der Waals surface area contributed by atoms with E-state index < -0.39 is 25.0 Å². The van der Waals surface area contributed by atoms with Crippen LogP contribution in [-0.2, 0) is 25.0 Å². The summed E-state index contributed by atoms with van der Waals surface area (Å²) in [6, 6.07) is 17.2. The fourth-order valence-electron chi connectivity index (χ4n) is 4.40. The van der Waals surface area contributed by atoms with E-state index in [1.165, 1.54) is 40.7 Å². The molecule has 3 N–H and O–H groups in total. The fraction of sp³-hybridized carbons (Fsp3) is 0.321. The third-order valence-corrected chi connectivity index (χ3v) is 9.76. The van der Waals surface area contributed by atoms with Gasteiger partial charge in [-0.05, 0) is 60.5 Å². The number of para-hydroxylation sites is 2. The van der Waals surface area contributed by atoms with Gasteiger partial charge in [-0.3, -0.25) is 4.84 Å². The minimum atomic E-state index is -4.59. The molecule has 0 unspecified atom stereocenters. The van der Waals surface area contributed by atoms with E-state index in [4.69, 9.17) is 24.3 Å². The van der Waals surface area contributed by atoms with Crippen LogP contribution in [0.3, 0.4) is 0 Å². The van der Waals surface area contributed by atoms with Gasteiger partial charge in [0, 0.05) is 32.2 Å². The molecule has 13 nitrogen and oxygen atoms in total. The topological polar surface area (TPSA) is 162 Å². The molecule has 0 bridgehead atoms. The van der Waals surface area contributed by atoms with Gasteiger partial charge in [-0.15, -0.1) is 12.4 Å². The smallest absolute Gasteiger partial charge is 0.340 e. The van der Waals surface area contributed by atoms with Crippen LogP contribution >= 0.6 is 12.4 Å². The Hall–Kier alpha value is -3.76. The molecular formula is C28H36ClN5O8S2. The van der Waals surface area contributed by atoms with Gasteiger partial charge in [0.25, 0.3) is 5.96 Å². The molecule has 0 saturated carbocycles. The molecule has 4 rings (SSSR count). The minimum Gasteiger partial charge on any atom is -0.495 e. The standard InChI is InChI=1S/C28H35N5O8S2.ClH/c1-4-17-39-30-28(29)31-40-22-18-21(2)19-23(20-22)41-43(36,37)27-12-8-7-11-26(27)42(34,35)33-15-13-32(14-16-33)24-9-5-6-10-25(24)38-3;/h5-12,18-20H,4,13-17H2,1-3H3,(H3,29,30,31);1H. The maximum Gasteiger partial charge on any atom is 0.340 e. The summed E-state index contributed by atoms with van der Waals surface area (Å²) in [5.41, 5.74) is 9.54. The summed E-state index contributed by atoms with van der Waals surface area (Å²) in [4.78, 5) is 11.5. The highest BCUT2D eigenvalue weighted by atomic mass is 35.5. The van der Waals surface area contributed by atoms with Crippen LogP contribution in [0.1, 0.15) is 18.9 Å². The molecule has 0 amide bonds. The number of halogens is 1. The monoisotopic (exact) mass is 669 g/mol. The van der Waals surface area contributed by atoms with E-state index in [9.17, 15) is 16.8 Å². The Balaban J connectivity index is 0.00000529. The molecule has 0 radical (unpaired) electrons. The molecule has 0 spiro atoms. The SMILES string of the molecule is CCCONC(N)=NOc1cc(C)cc(OS(=O)(=O)c2ccccc2S(=O)(=O)N2CCN(c3ccccc3OC)CC2)c1.Cl. The van der Waals surface area contributed by atoms with Crippen molar-refractivity contribution in [1.29, 1.82) is 0 Å². The van der Waals surface area contributed by atoms with Gasteiger partial charge in [-0.1, -0.05) is 31.2 Å². The number of oxime groups is 1. The number of aryl methyl sites for hydroxylation is 1. The second-order valence-corrected chi connectivity index (χ2v) is 13.0. The Morgan fingerprint density at radius 3 is 2.25 bits per heavy atom. The number of piperazine rings is 1. The van der Waals surface area contributed by atoms with Crippen LogP contribution < -0.4 is 29.9 Å². The number of sulfonamides is 1. The molecule has 3 aromatic rings. The molecule has 1 saturated heterocycles. The number of methoxy groups -OCH3 is 1. The molecule has 1 aliphatic heterocycles. The van der Waals surface area contributed by atoms with Crippen LogP contribution in [0.15, 0.2) is 81.7 Å². The van der Waals surface area contributed by atoms with Gasteiger partial charge >= 0.3 is 10.1 Å². The Morgan fingerprint density at radius 1 is 0.932 bits per heavy atom.